The van der Waals surface area contributed by atoms with Gasteiger partial charge in [-0.15, -0.1) is 0 Å². The Morgan fingerprint density at radius 3 is 2.37 bits per heavy atom. The van der Waals surface area contributed by atoms with Crippen molar-refractivity contribution in [2.24, 2.45) is 0 Å². The maximum atomic E-state index is 12.4. The molecule has 7 heteroatoms. The van der Waals surface area contributed by atoms with E-state index >= 15 is 0 Å². The number of carbonyl (C=O) groups is 1. The zero-order valence-electron chi connectivity index (χ0n) is 15.3. The number of anilines is 1. The number of methoxy groups -OCH3 is 1. The van der Waals surface area contributed by atoms with Crippen LogP contribution >= 0.6 is 0 Å². The predicted molar refractivity (Wildman–Crippen MR) is 103 cm³/mol. The highest BCUT2D eigenvalue weighted by molar-refractivity contribution is 5.93. The van der Waals surface area contributed by atoms with Gasteiger partial charge in [0.15, 0.2) is 0 Å². The van der Waals surface area contributed by atoms with Crippen LogP contribution < -0.4 is 15.7 Å². The highest BCUT2D eigenvalue weighted by atomic mass is 16.5. The number of ether oxygens (including phenoxy) is 1. The lowest BCUT2D eigenvalue weighted by atomic mass is 10.1. The van der Waals surface area contributed by atoms with Gasteiger partial charge in [0.2, 0.25) is 5.91 Å². The fraction of sp³-hybridized carbons (Fsp3) is 0.200. The summed E-state index contributed by atoms with van der Waals surface area (Å²) in [5.74, 6) is 0.328. The number of aromatic nitrogens is 3. The van der Waals surface area contributed by atoms with Crippen molar-refractivity contribution in [2.75, 3.05) is 12.4 Å². The van der Waals surface area contributed by atoms with E-state index < -0.39 is 11.7 Å². The summed E-state index contributed by atoms with van der Waals surface area (Å²) in [6, 6.07) is 13.7. The maximum Gasteiger partial charge on any atom is 0.365 e. The third-order valence-electron chi connectivity index (χ3n) is 4.17. The molecule has 1 atom stereocenters. The number of rotatable bonds is 5. The lowest BCUT2D eigenvalue weighted by molar-refractivity contribution is -0.119. The van der Waals surface area contributed by atoms with Gasteiger partial charge in [0.25, 0.3) is 0 Å². The van der Waals surface area contributed by atoms with Gasteiger partial charge in [-0.25, -0.2) is 9.48 Å². The third kappa shape index (κ3) is 4.20. The van der Waals surface area contributed by atoms with Crippen LogP contribution in [0.2, 0.25) is 0 Å². The van der Waals surface area contributed by atoms with Crippen LogP contribution in [0.15, 0.2) is 59.5 Å². The molecule has 0 aliphatic heterocycles. The summed E-state index contributed by atoms with van der Waals surface area (Å²) >= 11 is 0. The van der Waals surface area contributed by atoms with Gasteiger partial charge in [-0.3, -0.25) is 4.79 Å². The summed E-state index contributed by atoms with van der Waals surface area (Å²) in [4.78, 5) is 28.9. The normalized spacial score (nSPS) is 11.7. The first-order valence-electron chi connectivity index (χ1n) is 8.46. The van der Waals surface area contributed by atoms with Crippen molar-refractivity contribution in [3.05, 3.63) is 70.8 Å². The van der Waals surface area contributed by atoms with Gasteiger partial charge >= 0.3 is 5.69 Å². The van der Waals surface area contributed by atoms with E-state index in [1.807, 2.05) is 31.2 Å². The summed E-state index contributed by atoms with van der Waals surface area (Å²) < 4.78 is 6.15. The van der Waals surface area contributed by atoms with Crippen molar-refractivity contribution in [1.82, 2.24) is 14.8 Å². The second-order valence-corrected chi connectivity index (χ2v) is 6.13. The van der Waals surface area contributed by atoms with Gasteiger partial charge in [0, 0.05) is 11.3 Å². The van der Waals surface area contributed by atoms with Crippen molar-refractivity contribution in [3.63, 3.8) is 0 Å². The first-order valence-corrected chi connectivity index (χ1v) is 8.46. The Morgan fingerprint density at radius 1 is 1.11 bits per heavy atom. The van der Waals surface area contributed by atoms with E-state index in [-0.39, 0.29) is 5.91 Å². The average molecular weight is 364 g/mol. The Hall–Kier alpha value is -3.48. The second-order valence-electron chi connectivity index (χ2n) is 6.13. The lowest BCUT2D eigenvalue weighted by Crippen LogP contribution is -2.34. The van der Waals surface area contributed by atoms with E-state index in [4.69, 9.17) is 4.74 Å². The molecule has 1 aromatic heterocycles. The molecule has 3 rings (SSSR count). The van der Waals surface area contributed by atoms with Gasteiger partial charge < -0.3 is 10.1 Å². The Balaban J connectivity index is 1.77. The summed E-state index contributed by atoms with van der Waals surface area (Å²) in [6.07, 6.45) is 1.49. The fourth-order valence-corrected chi connectivity index (χ4v) is 2.51. The van der Waals surface area contributed by atoms with Gasteiger partial charge in [-0.1, -0.05) is 29.8 Å². The largest absolute Gasteiger partial charge is 0.497 e. The van der Waals surface area contributed by atoms with Crippen LogP contribution in [0, 0.1) is 6.92 Å². The Morgan fingerprint density at radius 2 is 1.78 bits per heavy atom. The molecule has 0 unspecified atom stereocenters. The van der Waals surface area contributed by atoms with Crippen LogP contribution in [0.25, 0.3) is 11.3 Å². The van der Waals surface area contributed by atoms with E-state index in [1.165, 1.54) is 6.20 Å². The Bertz CT molecular complexity index is 995. The van der Waals surface area contributed by atoms with E-state index in [0.717, 1.165) is 15.8 Å². The molecule has 0 aliphatic rings. The SMILES string of the molecule is COc1ccc(NC(=O)[C@@H](C)n2ncc(-c3ccc(C)cc3)nc2=O)cc1. The van der Waals surface area contributed by atoms with Gasteiger partial charge in [0.1, 0.15) is 11.8 Å². The first kappa shape index (κ1) is 18.3. The molecule has 1 heterocycles. The number of carbonyl (C=O) groups excluding carboxylic acids is 1. The molecule has 0 saturated heterocycles. The number of amides is 1. The average Bonchev–Trinajstić information content (AvgIpc) is 2.68. The van der Waals surface area contributed by atoms with Crippen molar-refractivity contribution >= 4 is 11.6 Å². The molecule has 0 aliphatic carbocycles. The van der Waals surface area contributed by atoms with Crippen LogP contribution in [0.1, 0.15) is 18.5 Å². The molecule has 138 valence electrons. The highest BCUT2D eigenvalue weighted by Gasteiger charge is 2.18. The lowest BCUT2D eigenvalue weighted by Gasteiger charge is -2.14. The zero-order valence-corrected chi connectivity index (χ0v) is 15.3. The smallest absolute Gasteiger partial charge is 0.365 e. The van der Waals surface area contributed by atoms with Crippen LogP contribution in [-0.2, 0) is 4.79 Å². The third-order valence-corrected chi connectivity index (χ3v) is 4.17. The maximum absolute atomic E-state index is 12.4. The Kier molecular flexibility index (Phi) is 5.30. The molecular formula is C20H20N4O3. The molecule has 2 aromatic carbocycles. The van der Waals surface area contributed by atoms with Crippen molar-refractivity contribution in [3.8, 4) is 17.0 Å². The quantitative estimate of drug-likeness (QED) is 0.752. The van der Waals surface area contributed by atoms with Crippen molar-refractivity contribution < 1.29 is 9.53 Å². The van der Waals surface area contributed by atoms with E-state index in [2.05, 4.69) is 15.4 Å². The van der Waals surface area contributed by atoms with Crippen LogP contribution in [0.4, 0.5) is 5.69 Å². The first-order chi connectivity index (χ1) is 13.0. The molecule has 27 heavy (non-hydrogen) atoms. The minimum Gasteiger partial charge on any atom is -0.497 e. The molecule has 1 amide bonds. The van der Waals surface area contributed by atoms with Crippen molar-refractivity contribution in [1.29, 1.82) is 0 Å². The molecule has 0 spiro atoms. The fourth-order valence-electron chi connectivity index (χ4n) is 2.51. The van der Waals surface area contributed by atoms with E-state index in [1.54, 1.807) is 38.3 Å². The minimum atomic E-state index is -0.806. The number of hydrogen-bond acceptors (Lipinski definition) is 5. The second kappa shape index (κ2) is 7.82. The number of aryl methyl sites for hydroxylation is 1. The summed E-state index contributed by atoms with van der Waals surface area (Å²) in [6.45, 7) is 3.58. The number of benzene rings is 2. The topological polar surface area (TPSA) is 86.1 Å². The van der Waals surface area contributed by atoms with Crippen LogP contribution in [0.5, 0.6) is 5.75 Å². The van der Waals surface area contributed by atoms with Crippen molar-refractivity contribution in [2.45, 2.75) is 19.9 Å². The number of nitrogens with one attached hydrogen (secondary N) is 1. The van der Waals surface area contributed by atoms with E-state index in [0.29, 0.717) is 17.1 Å². The zero-order chi connectivity index (χ0) is 19.4. The number of nitrogens with zero attached hydrogens (tertiary/aromatic N) is 3. The summed E-state index contributed by atoms with van der Waals surface area (Å²) in [5, 5.41) is 6.88. The van der Waals surface area contributed by atoms with E-state index in [9.17, 15) is 9.59 Å². The molecule has 0 radical (unpaired) electrons. The Labute approximate surface area is 156 Å². The minimum absolute atomic E-state index is 0.361. The standard InChI is InChI=1S/C20H20N4O3/c1-13-4-6-15(7-5-13)18-12-21-24(20(26)23-18)14(2)19(25)22-16-8-10-17(27-3)11-9-16/h4-12,14H,1-3H3,(H,22,25)/t14-/m1/s1. The van der Waals surface area contributed by atoms with Gasteiger partial charge in [0.05, 0.1) is 19.0 Å². The molecule has 3 aromatic rings. The molecule has 0 fully saturated rings. The van der Waals surface area contributed by atoms with Gasteiger partial charge in [-0.05, 0) is 38.1 Å². The predicted octanol–water partition coefficient (Wildman–Crippen LogP) is 2.82. The molecule has 0 bridgehead atoms. The monoisotopic (exact) mass is 364 g/mol. The number of hydrogen-bond donors (Lipinski definition) is 1. The summed E-state index contributed by atoms with van der Waals surface area (Å²) in [7, 11) is 1.57. The molecule has 7 nitrogen and oxygen atoms in total. The highest BCUT2D eigenvalue weighted by Crippen LogP contribution is 2.17. The molecule has 1 N–H and O–H groups in total. The van der Waals surface area contributed by atoms with Gasteiger partial charge in [-0.2, -0.15) is 10.1 Å². The molecular weight excluding hydrogens is 344 g/mol. The summed E-state index contributed by atoms with van der Waals surface area (Å²) in [5.41, 5.74) is 2.41. The van der Waals surface area contributed by atoms with Crippen LogP contribution in [-0.4, -0.2) is 27.8 Å². The van der Waals surface area contributed by atoms with Crippen LogP contribution in [0.3, 0.4) is 0 Å². The molecule has 0 saturated carbocycles.